The first kappa shape index (κ1) is 13.7. The molecule has 102 valence electrons. The third-order valence-electron chi connectivity index (χ3n) is 3.52. The summed E-state index contributed by atoms with van der Waals surface area (Å²) in [5, 5.41) is 10.3. The highest BCUT2D eigenvalue weighted by atomic mass is 15.2. The fraction of sp³-hybridized carbons (Fsp3) is 0.467. The number of hydrogen-bond acceptors (Lipinski definition) is 3. The second-order valence-corrected chi connectivity index (χ2v) is 5.26. The van der Waals surface area contributed by atoms with Crippen LogP contribution in [0.4, 0.5) is 0 Å². The normalized spacial score (nSPS) is 14.5. The van der Waals surface area contributed by atoms with Gasteiger partial charge in [0.1, 0.15) is 12.2 Å². The molecule has 0 aliphatic rings. The van der Waals surface area contributed by atoms with Gasteiger partial charge in [-0.15, -0.1) is 0 Å². The molecule has 0 bridgehead atoms. The molecule has 0 amide bonds. The van der Waals surface area contributed by atoms with Crippen LogP contribution >= 0.6 is 0 Å². The molecule has 0 fully saturated rings. The van der Waals surface area contributed by atoms with E-state index in [1.54, 1.807) is 6.33 Å². The van der Waals surface area contributed by atoms with Crippen LogP contribution in [0, 0.1) is 5.92 Å². The van der Waals surface area contributed by atoms with Crippen molar-refractivity contribution in [3.8, 4) is 0 Å². The van der Waals surface area contributed by atoms with E-state index in [4.69, 9.17) is 0 Å². The van der Waals surface area contributed by atoms with Crippen molar-refractivity contribution in [3.63, 3.8) is 0 Å². The number of hydrogen-bond donors (Lipinski definition) is 2. The lowest BCUT2D eigenvalue weighted by Gasteiger charge is -2.23. The van der Waals surface area contributed by atoms with Gasteiger partial charge in [-0.3, -0.25) is 5.10 Å². The minimum absolute atomic E-state index is 0.187. The molecule has 1 aromatic heterocycles. The van der Waals surface area contributed by atoms with Crippen molar-refractivity contribution in [2.45, 2.75) is 32.7 Å². The van der Waals surface area contributed by atoms with Crippen LogP contribution in [0.3, 0.4) is 0 Å². The van der Waals surface area contributed by atoms with Crippen LogP contribution in [0.25, 0.3) is 0 Å². The lowest BCUT2D eigenvalue weighted by atomic mass is 9.88. The van der Waals surface area contributed by atoms with Crippen molar-refractivity contribution in [2.75, 3.05) is 6.54 Å². The first-order chi connectivity index (χ1) is 9.18. The van der Waals surface area contributed by atoms with Crippen LogP contribution in [0.2, 0.25) is 0 Å². The van der Waals surface area contributed by atoms with E-state index in [2.05, 4.69) is 71.6 Å². The summed E-state index contributed by atoms with van der Waals surface area (Å²) < 4.78 is 0. The molecule has 0 spiro atoms. The summed E-state index contributed by atoms with van der Waals surface area (Å²) in [7, 11) is 0. The zero-order valence-electron chi connectivity index (χ0n) is 11.8. The average molecular weight is 258 g/mol. The van der Waals surface area contributed by atoms with Gasteiger partial charge in [-0.25, -0.2) is 4.98 Å². The Balaban J connectivity index is 1.98. The number of benzene rings is 1. The molecule has 0 saturated carbocycles. The van der Waals surface area contributed by atoms with Crippen LogP contribution in [0.1, 0.15) is 44.1 Å². The topological polar surface area (TPSA) is 53.6 Å². The molecule has 0 aliphatic heterocycles. The zero-order chi connectivity index (χ0) is 13.7. The van der Waals surface area contributed by atoms with E-state index in [9.17, 15) is 0 Å². The summed E-state index contributed by atoms with van der Waals surface area (Å²) in [5.74, 6) is 1.99. The first-order valence-corrected chi connectivity index (χ1v) is 6.82. The average Bonchev–Trinajstić information content (AvgIpc) is 2.93. The van der Waals surface area contributed by atoms with E-state index in [1.165, 1.54) is 5.56 Å². The van der Waals surface area contributed by atoms with Crippen molar-refractivity contribution < 1.29 is 0 Å². The summed E-state index contributed by atoms with van der Waals surface area (Å²) >= 11 is 0. The highest BCUT2D eigenvalue weighted by Gasteiger charge is 2.17. The quantitative estimate of drug-likeness (QED) is 0.837. The maximum atomic E-state index is 4.18. The summed E-state index contributed by atoms with van der Waals surface area (Å²) in [6.45, 7) is 7.56. The van der Waals surface area contributed by atoms with E-state index < -0.39 is 0 Å². The molecule has 19 heavy (non-hydrogen) atoms. The number of H-pyrrole nitrogens is 1. The van der Waals surface area contributed by atoms with E-state index in [1.807, 2.05) is 0 Å². The second-order valence-electron chi connectivity index (χ2n) is 5.26. The Morgan fingerprint density at radius 3 is 2.47 bits per heavy atom. The fourth-order valence-electron chi connectivity index (χ4n) is 2.26. The molecular formula is C15H22N4. The smallest absolute Gasteiger partial charge is 0.141 e. The van der Waals surface area contributed by atoms with Crippen molar-refractivity contribution in [3.05, 3.63) is 48.0 Å². The van der Waals surface area contributed by atoms with Crippen molar-refractivity contribution >= 4 is 0 Å². The minimum atomic E-state index is 0.187. The number of nitrogens with one attached hydrogen (secondary N) is 2. The van der Waals surface area contributed by atoms with Crippen LogP contribution < -0.4 is 5.32 Å². The molecular weight excluding hydrogens is 236 g/mol. The van der Waals surface area contributed by atoms with E-state index in [-0.39, 0.29) is 6.04 Å². The molecule has 2 unspecified atom stereocenters. The van der Waals surface area contributed by atoms with Crippen LogP contribution in [-0.4, -0.2) is 21.7 Å². The lowest BCUT2D eigenvalue weighted by Crippen LogP contribution is -2.27. The Morgan fingerprint density at radius 2 is 1.89 bits per heavy atom. The highest BCUT2D eigenvalue weighted by molar-refractivity contribution is 5.20. The van der Waals surface area contributed by atoms with Gasteiger partial charge in [0, 0.05) is 6.54 Å². The van der Waals surface area contributed by atoms with Gasteiger partial charge in [0.25, 0.3) is 0 Å². The Labute approximate surface area is 114 Å². The standard InChI is InChI=1S/C15H22N4/c1-11(2)14(13-7-5-4-6-8-13)9-16-12(3)15-17-10-18-19-15/h4-8,10-12,14,16H,9H2,1-3H3,(H,17,18,19). The molecule has 2 atom stereocenters. The Morgan fingerprint density at radius 1 is 1.16 bits per heavy atom. The van der Waals surface area contributed by atoms with Gasteiger partial charge >= 0.3 is 0 Å². The SMILES string of the molecule is CC(NCC(c1ccccc1)C(C)C)c1ncn[nH]1. The predicted molar refractivity (Wildman–Crippen MR) is 76.8 cm³/mol. The molecule has 2 aromatic rings. The van der Waals surface area contributed by atoms with Gasteiger partial charge < -0.3 is 5.32 Å². The van der Waals surface area contributed by atoms with Gasteiger partial charge in [-0.05, 0) is 24.3 Å². The summed E-state index contributed by atoms with van der Waals surface area (Å²) in [4.78, 5) is 4.18. The molecule has 0 aliphatic carbocycles. The minimum Gasteiger partial charge on any atom is -0.307 e. The van der Waals surface area contributed by atoms with Crippen molar-refractivity contribution in [2.24, 2.45) is 5.92 Å². The van der Waals surface area contributed by atoms with Crippen LogP contribution in [0.5, 0.6) is 0 Å². The molecule has 2 N–H and O–H groups in total. The first-order valence-electron chi connectivity index (χ1n) is 6.82. The van der Waals surface area contributed by atoms with Gasteiger partial charge in [-0.1, -0.05) is 44.2 Å². The van der Waals surface area contributed by atoms with Crippen LogP contribution in [-0.2, 0) is 0 Å². The summed E-state index contributed by atoms with van der Waals surface area (Å²) in [6.07, 6.45) is 1.55. The Kier molecular flexibility index (Phi) is 4.68. The third-order valence-corrected chi connectivity index (χ3v) is 3.52. The lowest BCUT2D eigenvalue weighted by molar-refractivity contribution is 0.430. The van der Waals surface area contributed by atoms with E-state index in [0.29, 0.717) is 11.8 Å². The molecule has 4 nitrogen and oxygen atoms in total. The number of aromatic nitrogens is 3. The second kappa shape index (κ2) is 6.48. The van der Waals surface area contributed by atoms with Gasteiger partial charge in [0.2, 0.25) is 0 Å². The van der Waals surface area contributed by atoms with Crippen molar-refractivity contribution in [1.82, 2.24) is 20.5 Å². The molecule has 0 saturated heterocycles. The summed E-state index contributed by atoms with van der Waals surface area (Å²) in [5.41, 5.74) is 1.38. The Bertz CT molecular complexity index is 464. The summed E-state index contributed by atoms with van der Waals surface area (Å²) in [6, 6.07) is 10.9. The molecule has 1 aromatic carbocycles. The molecule has 0 radical (unpaired) electrons. The number of rotatable bonds is 6. The molecule has 4 heteroatoms. The van der Waals surface area contributed by atoms with Crippen molar-refractivity contribution in [1.29, 1.82) is 0 Å². The van der Waals surface area contributed by atoms with Crippen LogP contribution in [0.15, 0.2) is 36.7 Å². The zero-order valence-corrected chi connectivity index (χ0v) is 11.8. The molecule has 2 rings (SSSR count). The van der Waals surface area contributed by atoms with Gasteiger partial charge in [0.15, 0.2) is 0 Å². The highest BCUT2D eigenvalue weighted by Crippen LogP contribution is 2.24. The fourth-order valence-corrected chi connectivity index (χ4v) is 2.26. The monoisotopic (exact) mass is 258 g/mol. The van der Waals surface area contributed by atoms with Gasteiger partial charge in [-0.2, -0.15) is 5.10 Å². The predicted octanol–water partition coefficient (Wildman–Crippen LogP) is 2.90. The van der Waals surface area contributed by atoms with Gasteiger partial charge in [0.05, 0.1) is 6.04 Å². The van der Waals surface area contributed by atoms with E-state index in [0.717, 1.165) is 12.4 Å². The number of nitrogens with zero attached hydrogens (tertiary/aromatic N) is 2. The largest absolute Gasteiger partial charge is 0.307 e. The third kappa shape index (κ3) is 3.64. The Hall–Kier alpha value is -1.68. The number of aromatic amines is 1. The maximum Gasteiger partial charge on any atom is 0.141 e. The molecule has 1 heterocycles. The maximum absolute atomic E-state index is 4.18. The van der Waals surface area contributed by atoms with E-state index >= 15 is 0 Å².